The normalized spacial score (nSPS) is 25.6. The van der Waals surface area contributed by atoms with Crippen molar-refractivity contribution in [2.75, 3.05) is 6.61 Å². The first kappa shape index (κ1) is 15.4. The number of hydrogen-bond donors (Lipinski definition) is 1. The minimum atomic E-state index is -0.764. The first-order valence-corrected chi connectivity index (χ1v) is 8.22. The van der Waals surface area contributed by atoms with Crippen LogP contribution in [0.4, 0.5) is 0 Å². The maximum absolute atomic E-state index is 11.9. The highest BCUT2D eigenvalue weighted by Gasteiger charge is 2.43. The van der Waals surface area contributed by atoms with Gasteiger partial charge in [-0.1, -0.05) is 24.3 Å². The minimum absolute atomic E-state index is 0.237. The maximum atomic E-state index is 11.9. The Balaban J connectivity index is 1.88. The summed E-state index contributed by atoms with van der Waals surface area (Å²) in [6, 6.07) is 8.43. The van der Waals surface area contributed by atoms with E-state index < -0.39 is 5.54 Å². The summed E-state index contributed by atoms with van der Waals surface area (Å²) in [6.45, 7) is 4.36. The Kier molecular flexibility index (Phi) is 5.11. The highest BCUT2D eigenvalue weighted by atomic mass is 32.2. The molecule has 4 heteroatoms. The molecule has 1 aliphatic carbocycles. The van der Waals surface area contributed by atoms with Crippen LogP contribution in [0.3, 0.4) is 0 Å². The highest BCUT2D eigenvalue weighted by molar-refractivity contribution is 7.99. The summed E-state index contributed by atoms with van der Waals surface area (Å²) in [5.41, 5.74) is 8.11. The van der Waals surface area contributed by atoms with Gasteiger partial charge >= 0.3 is 5.97 Å². The summed E-state index contributed by atoms with van der Waals surface area (Å²) in [5, 5.41) is 0.448. The van der Waals surface area contributed by atoms with Crippen LogP contribution in [-0.4, -0.2) is 23.4 Å². The van der Waals surface area contributed by atoms with Gasteiger partial charge in [-0.3, -0.25) is 4.79 Å². The van der Waals surface area contributed by atoms with E-state index in [0.717, 1.165) is 25.0 Å². The quantitative estimate of drug-likeness (QED) is 0.848. The lowest BCUT2D eigenvalue weighted by atomic mass is 10.00. The zero-order chi connectivity index (χ0) is 14.6. The number of esters is 1. The number of thioether (sulfide) groups is 1. The molecule has 0 heterocycles. The number of benzene rings is 1. The van der Waals surface area contributed by atoms with Crippen molar-refractivity contribution < 1.29 is 9.53 Å². The number of nitrogens with two attached hydrogens (primary N) is 1. The lowest BCUT2D eigenvalue weighted by molar-refractivity contribution is -0.149. The van der Waals surface area contributed by atoms with Gasteiger partial charge in [0.05, 0.1) is 6.61 Å². The average molecular weight is 293 g/mol. The second-order valence-electron chi connectivity index (χ2n) is 5.48. The first-order chi connectivity index (χ1) is 9.55. The molecule has 0 aromatic heterocycles. The molecule has 0 amide bonds. The van der Waals surface area contributed by atoms with Crippen molar-refractivity contribution >= 4 is 17.7 Å². The lowest BCUT2D eigenvalue weighted by Crippen LogP contribution is -2.47. The molecule has 110 valence electrons. The summed E-state index contributed by atoms with van der Waals surface area (Å²) >= 11 is 1.90. The van der Waals surface area contributed by atoms with Crippen LogP contribution in [0.1, 0.15) is 37.3 Å². The van der Waals surface area contributed by atoms with E-state index in [4.69, 9.17) is 10.5 Å². The molecule has 1 fully saturated rings. The van der Waals surface area contributed by atoms with E-state index >= 15 is 0 Å². The van der Waals surface area contributed by atoms with Gasteiger partial charge in [-0.25, -0.2) is 0 Å². The van der Waals surface area contributed by atoms with Gasteiger partial charge in [0.25, 0.3) is 0 Å². The van der Waals surface area contributed by atoms with Gasteiger partial charge in [0.2, 0.25) is 0 Å². The average Bonchev–Trinajstić information content (AvgIpc) is 2.81. The summed E-state index contributed by atoms with van der Waals surface area (Å²) < 4.78 is 5.09. The van der Waals surface area contributed by atoms with Crippen LogP contribution in [0.15, 0.2) is 24.3 Å². The third-order valence-electron chi connectivity index (χ3n) is 3.92. The van der Waals surface area contributed by atoms with Gasteiger partial charge in [0, 0.05) is 11.0 Å². The zero-order valence-corrected chi connectivity index (χ0v) is 13.0. The molecule has 2 N–H and O–H groups in total. The fraction of sp³-hybridized carbons (Fsp3) is 0.562. The van der Waals surface area contributed by atoms with Crippen molar-refractivity contribution in [2.24, 2.45) is 5.73 Å². The first-order valence-electron chi connectivity index (χ1n) is 7.17. The molecular weight excluding hydrogens is 270 g/mol. The summed E-state index contributed by atoms with van der Waals surface area (Å²) in [6.07, 6.45) is 2.45. The SMILES string of the molecule is CCOC(=O)C1(N)CCC(SCc2ccccc2C)C1. The Bertz CT molecular complexity index is 477. The molecule has 20 heavy (non-hydrogen) atoms. The zero-order valence-electron chi connectivity index (χ0n) is 12.2. The molecule has 1 aromatic rings. The molecule has 1 aliphatic rings. The number of rotatable bonds is 5. The van der Waals surface area contributed by atoms with Crippen molar-refractivity contribution in [3.63, 3.8) is 0 Å². The maximum Gasteiger partial charge on any atom is 0.326 e. The van der Waals surface area contributed by atoms with E-state index in [0.29, 0.717) is 11.9 Å². The van der Waals surface area contributed by atoms with E-state index in [1.807, 2.05) is 18.7 Å². The van der Waals surface area contributed by atoms with Gasteiger partial charge in [-0.2, -0.15) is 11.8 Å². The number of ether oxygens (including phenoxy) is 1. The standard InChI is InChI=1S/C16H23NO2S/c1-3-19-15(18)16(17)9-8-14(10-16)20-11-13-7-5-4-6-12(13)2/h4-7,14H,3,8-11,17H2,1-2H3. The van der Waals surface area contributed by atoms with Gasteiger partial charge < -0.3 is 10.5 Å². The number of carbonyl (C=O) groups is 1. The third-order valence-corrected chi connectivity index (χ3v) is 5.27. The molecule has 0 aliphatic heterocycles. The van der Waals surface area contributed by atoms with Crippen LogP contribution in [0.2, 0.25) is 0 Å². The van der Waals surface area contributed by atoms with Gasteiger partial charge in [0.15, 0.2) is 0 Å². The van der Waals surface area contributed by atoms with Crippen LogP contribution in [0.5, 0.6) is 0 Å². The van der Waals surface area contributed by atoms with E-state index in [1.54, 1.807) is 0 Å². The van der Waals surface area contributed by atoms with E-state index in [-0.39, 0.29) is 5.97 Å². The summed E-state index contributed by atoms with van der Waals surface area (Å²) in [4.78, 5) is 11.9. The van der Waals surface area contributed by atoms with Gasteiger partial charge in [-0.15, -0.1) is 0 Å². The smallest absolute Gasteiger partial charge is 0.326 e. The Labute approximate surface area is 125 Å². The molecule has 0 radical (unpaired) electrons. The van der Waals surface area contributed by atoms with E-state index in [9.17, 15) is 4.79 Å². The Morgan fingerprint density at radius 3 is 2.95 bits per heavy atom. The molecule has 0 spiro atoms. The summed E-state index contributed by atoms with van der Waals surface area (Å²) in [5.74, 6) is 0.745. The van der Waals surface area contributed by atoms with Crippen molar-refractivity contribution in [2.45, 2.75) is 49.7 Å². The van der Waals surface area contributed by atoms with Gasteiger partial charge in [-0.05, 0) is 44.2 Å². The van der Waals surface area contributed by atoms with Crippen molar-refractivity contribution in [3.8, 4) is 0 Å². The van der Waals surface area contributed by atoms with Crippen molar-refractivity contribution in [1.82, 2.24) is 0 Å². The fourth-order valence-corrected chi connectivity index (χ4v) is 4.05. The highest BCUT2D eigenvalue weighted by Crippen LogP contribution is 2.37. The monoisotopic (exact) mass is 293 g/mol. The molecule has 0 bridgehead atoms. The van der Waals surface area contributed by atoms with Crippen LogP contribution >= 0.6 is 11.8 Å². The Hall–Kier alpha value is -1.00. The van der Waals surface area contributed by atoms with E-state index in [2.05, 4.69) is 31.2 Å². The third kappa shape index (κ3) is 3.55. The number of hydrogen-bond acceptors (Lipinski definition) is 4. The molecule has 1 aromatic carbocycles. The minimum Gasteiger partial charge on any atom is -0.465 e. The Morgan fingerprint density at radius 2 is 2.25 bits per heavy atom. The molecule has 2 rings (SSSR count). The van der Waals surface area contributed by atoms with Crippen LogP contribution < -0.4 is 5.73 Å². The Morgan fingerprint density at radius 1 is 1.50 bits per heavy atom. The van der Waals surface area contributed by atoms with Crippen molar-refractivity contribution in [3.05, 3.63) is 35.4 Å². The predicted molar refractivity (Wildman–Crippen MR) is 83.7 cm³/mol. The summed E-state index contributed by atoms with van der Waals surface area (Å²) in [7, 11) is 0. The largest absolute Gasteiger partial charge is 0.465 e. The molecular formula is C16H23NO2S. The molecule has 2 unspecified atom stereocenters. The number of aryl methyl sites for hydroxylation is 1. The van der Waals surface area contributed by atoms with Crippen LogP contribution in [0, 0.1) is 6.92 Å². The fourth-order valence-electron chi connectivity index (χ4n) is 2.61. The van der Waals surface area contributed by atoms with Gasteiger partial charge in [0.1, 0.15) is 5.54 Å². The van der Waals surface area contributed by atoms with Crippen molar-refractivity contribution in [1.29, 1.82) is 0 Å². The van der Waals surface area contributed by atoms with Crippen LogP contribution in [0.25, 0.3) is 0 Å². The molecule has 2 atom stereocenters. The van der Waals surface area contributed by atoms with E-state index in [1.165, 1.54) is 11.1 Å². The molecule has 1 saturated carbocycles. The second kappa shape index (κ2) is 6.64. The predicted octanol–water partition coefficient (Wildman–Crippen LogP) is 3.04. The second-order valence-corrected chi connectivity index (χ2v) is 6.77. The molecule has 0 saturated heterocycles. The topological polar surface area (TPSA) is 52.3 Å². The number of carbonyl (C=O) groups excluding carboxylic acids is 1. The van der Waals surface area contributed by atoms with Crippen LogP contribution in [-0.2, 0) is 15.3 Å². The lowest BCUT2D eigenvalue weighted by Gasteiger charge is -2.21. The molecule has 3 nitrogen and oxygen atoms in total.